The third-order valence-corrected chi connectivity index (χ3v) is 3.30. The summed E-state index contributed by atoms with van der Waals surface area (Å²) in [6.45, 7) is 8.39. The van der Waals surface area contributed by atoms with E-state index >= 15 is 0 Å². The van der Waals surface area contributed by atoms with Crippen molar-refractivity contribution in [2.24, 2.45) is 5.92 Å². The van der Waals surface area contributed by atoms with E-state index in [1.165, 1.54) is 0 Å². The van der Waals surface area contributed by atoms with Gasteiger partial charge in [-0.05, 0) is 18.9 Å². The number of carboxylic acid groups (broad SMARTS) is 1. The summed E-state index contributed by atoms with van der Waals surface area (Å²) in [6.07, 6.45) is 1.17. The van der Waals surface area contributed by atoms with Crippen LogP contribution in [-0.4, -0.2) is 39.3 Å². The fraction of sp³-hybridized carbons (Fsp3) is 0.769. The molecule has 6 heteroatoms. The van der Waals surface area contributed by atoms with Gasteiger partial charge in [-0.3, -0.25) is 9.69 Å². The van der Waals surface area contributed by atoms with Gasteiger partial charge in [0, 0.05) is 18.4 Å². The highest BCUT2D eigenvalue weighted by Crippen LogP contribution is 2.23. The normalized spacial score (nSPS) is 20.9. The number of rotatable bonds is 4. The van der Waals surface area contributed by atoms with E-state index in [9.17, 15) is 4.79 Å². The van der Waals surface area contributed by atoms with Crippen molar-refractivity contribution in [1.82, 2.24) is 15.1 Å². The van der Waals surface area contributed by atoms with E-state index in [0.717, 1.165) is 19.5 Å². The number of likely N-dealkylation sites (tertiary alicyclic amines) is 1. The van der Waals surface area contributed by atoms with Crippen LogP contribution in [-0.2, 0) is 16.8 Å². The summed E-state index contributed by atoms with van der Waals surface area (Å²) in [4.78, 5) is 12.8. The van der Waals surface area contributed by atoms with E-state index in [1.807, 2.05) is 20.8 Å². The molecule has 0 aliphatic carbocycles. The molecule has 0 radical (unpaired) electrons. The lowest BCUT2D eigenvalue weighted by atomic mass is 9.97. The fourth-order valence-corrected chi connectivity index (χ4v) is 2.28. The second kappa shape index (κ2) is 5.28. The number of nitrogens with zero attached hydrogens (tertiary/aromatic N) is 3. The number of carboxylic acids is 1. The number of hydrogen-bond acceptors (Lipinski definition) is 5. The van der Waals surface area contributed by atoms with E-state index in [-0.39, 0.29) is 17.8 Å². The molecular formula is C13H21N3O3. The Labute approximate surface area is 112 Å². The van der Waals surface area contributed by atoms with Crippen molar-refractivity contribution in [2.45, 2.75) is 45.6 Å². The first-order valence-corrected chi connectivity index (χ1v) is 6.61. The Morgan fingerprint density at radius 1 is 1.47 bits per heavy atom. The maximum Gasteiger partial charge on any atom is 0.303 e. The van der Waals surface area contributed by atoms with Gasteiger partial charge in [0.1, 0.15) is 0 Å². The van der Waals surface area contributed by atoms with E-state index in [2.05, 4.69) is 15.1 Å². The van der Waals surface area contributed by atoms with Gasteiger partial charge in [0.15, 0.2) is 0 Å². The molecule has 6 nitrogen and oxygen atoms in total. The monoisotopic (exact) mass is 267 g/mol. The summed E-state index contributed by atoms with van der Waals surface area (Å²) in [7, 11) is 0. The highest BCUT2D eigenvalue weighted by Gasteiger charge is 2.27. The molecule has 19 heavy (non-hydrogen) atoms. The molecule has 1 N–H and O–H groups in total. The number of hydrogen-bond donors (Lipinski definition) is 1. The topological polar surface area (TPSA) is 79.5 Å². The smallest absolute Gasteiger partial charge is 0.303 e. The van der Waals surface area contributed by atoms with Crippen LogP contribution in [0.5, 0.6) is 0 Å². The van der Waals surface area contributed by atoms with Gasteiger partial charge in [0.25, 0.3) is 0 Å². The second-order valence-electron chi connectivity index (χ2n) is 6.24. The summed E-state index contributed by atoms with van der Waals surface area (Å²) >= 11 is 0. The Morgan fingerprint density at radius 3 is 2.79 bits per heavy atom. The van der Waals surface area contributed by atoms with Crippen LogP contribution in [0.2, 0.25) is 0 Å². The average molecular weight is 267 g/mol. The van der Waals surface area contributed by atoms with Gasteiger partial charge in [-0.1, -0.05) is 20.8 Å². The van der Waals surface area contributed by atoms with Crippen molar-refractivity contribution in [3.05, 3.63) is 11.8 Å². The van der Waals surface area contributed by atoms with E-state index in [4.69, 9.17) is 9.52 Å². The van der Waals surface area contributed by atoms with Crippen molar-refractivity contribution in [1.29, 1.82) is 0 Å². The van der Waals surface area contributed by atoms with Crippen molar-refractivity contribution in [3.63, 3.8) is 0 Å². The van der Waals surface area contributed by atoms with Crippen molar-refractivity contribution in [3.8, 4) is 0 Å². The molecular weight excluding hydrogens is 246 g/mol. The molecule has 1 aromatic heterocycles. The lowest BCUT2D eigenvalue weighted by Gasteiger charge is -2.13. The van der Waals surface area contributed by atoms with Crippen molar-refractivity contribution in [2.75, 3.05) is 13.1 Å². The Kier molecular flexibility index (Phi) is 3.89. The molecule has 106 valence electrons. The van der Waals surface area contributed by atoms with Crippen LogP contribution in [0.4, 0.5) is 0 Å². The van der Waals surface area contributed by atoms with Crippen LogP contribution in [0.1, 0.15) is 45.4 Å². The highest BCUT2D eigenvalue weighted by molar-refractivity contribution is 5.67. The summed E-state index contributed by atoms with van der Waals surface area (Å²) < 4.78 is 5.65. The van der Waals surface area contributed by atoms with Crippen LogP contribution < -0.4 is 0 Å². The zero-order valence-electron chi connectivity index (χ0n) is 11.7. The maximum absolute atomic E-state index is 10.7. The summed E-state index contributed by atoms with van der Waals surface area (Å²) in [5.41, 5.74) is -0.137. The summed E-state index contributed by atoms with van der Waals surface area (Å²) in [5.74, 6) is 0.770. The summed E-state index contributed by atoms with van der Waals surface area (Å²) in [5, 5.41) is 16.9. The first-order chi connectivity index (χ1) is 8.84. The van der Waals surface area contributed by atoms with E-state index in [0.29, 0.717) is 18.3 Å². The molecule has 0 spiro atoms. The largest absolute Gasteiger partial charge is 0.481 e. The van der Waals surface area contributed by atoms with E-state index in [1.54, 1.807) is 0 Å². The molecule has 1 unspecified atom stereocenters. The van der Waals surface area contributed by atoms with Crippen LogP contribution in [0.3, 0.4) is 0 Å². The molecule has 1 aliphatic heterocycles. The third kappa shape index (κ3) is 3.76. The van der Waals surface area contributed by atoms with Crippen LogP contribution >= 0.6 is 0 Å². The Morgan fingerprint density at radius 2 is 2.21 bits per heavy atom. The molecule has 0 amide bonds. The van der Waals surface area contributed by atoms with Gasteiger partial charge in [-0.15, -0.1) is 10.2 Å². The lowest BCUT2D eigenvalue weighted by molar-refractivity contribution is -0.138. The standard InChI is InChI=1S/C13H21N3O3/c1-13(2,3)12-15-14-10(19-12)8-16-5-4-9(7-16)6-11(17)18/h9H,4-8H2,1-3H3,(H,17,18). The van der Waals surface area contributed by atoms with Gasteiger partial charge in [-0.25, -0.2) is 0 Å². The Balaban J connectivity index is 1.89. The molecule has 1 aromatic rings. The van der Waals surface area contributed by atoms with E-state index < -0.39 is 5.97 Å². The fourth-order valence-electron chi connectivity index (χ4n) is 2.28. The molecule has 0 bridgehead atoms. The predicted molar refractivity (Wildman–Crippen MR) is 68.6 cm³/mol. The second-order valence-corrected chi connectivity index (χ2v) is 6.24. The minimum Gasteiger partial charge on any atom is -0.481 e. The van der Waals surface area contributed by atoms with Gasteiger partial charge >= 0.3 is 5.97 Å². The minimum atomic E-state index is -0.723. The van der Waals surface area contributed by atoms with Gasteiger partial charge in [0.2, 0.25) is 11.8 Å². The molecule has 1 aliphatic rings. The number of carbonyl (C=O) groups is 1. The Bertz CT molecular complexity index is 450. The van der Waals surface area contributed by atoms with Gasteiger partial charge < -0.3 is 9.52 Å². The van der Waals surface area contributed by atoms with Crippen LogP contribution in [0.25, 0.3) is 0 Å². The zero-order chi connectivity index (χ0) is 14.0. The first kappa shape index (κ1) is 14.0. The molecule has 1 atom stereocenters. The lowest BCUT2D eigenvalue weighted by Crippen LogP contribution is -2.21. The van der Waals surface area contributed by atoms with Crippen molar-refractivity contribution < 1.29 is 14.3 Å². The van der Waals surface area contributed by atoms with Crippen LogP contribution in [0.15, 0.2) is 4.42 Å². The Hall–Kier alpha value is -1.43. The predicted octanol–water partition coefficient (Wildman–Crippen LogP) is 1.66. The van der Waals surface area contributed by atoms with Crippen molar-refractivity contribution >= 4 is 5.97 Å². The molecule has 1 fully saturated rings. The molecule has 2 heterocycles. The first-order valence-electron chi connectivity index (χ1n) is 6.61. The molecule has 0 saturated carbocycles. The molecule has 2 rings (SSSR count). The summed E-state index contributed by atoms with van der Waals surface area (Å²) in [6, 6.07) is 0. The van der Waals surface area contributed by atoms with Gasteiger partial charge in [-0.2, -0.15) is 0 Å². The third-order valence-electron chi connectivity index (χ3n) is 3.30. The number of aliphatic carboxylic acids is 1. The minimum absolute atomic E-state index is 0.137. The molecule has 1 saturated heterocycles. The quantitative estimate of drug-likeness (QED) is 0.893. The van der Waals surface area contributed by atoms with Gasteiger partial charge in [0.05, 0.1) is 6.54 Å². The zero-order valence-corrected chi connectivity index (χ0v) is 11.7. The molecule has 0 aromatic carbocycles. The maximum atomic E-state index is 10.7. The average Bonchev–Trinajstić information content (AvgIpc) is 2.86. The highest BCUT2D eigenvalue weighted by atomic mass is 16.4. The van der Waals surface area contributed by atoms with Crippen LogP contribution in [0, 0.1) is 5.92 Å². The SMILES string of the molecule is CC(C)(C)c1nnc(CN2CCC(CC(=O)O)C2)o1. The number of aromatic nitrogens is 2.